The van der Waals surface area contributed by atoms with Crippen molar-refractivity contribution in [3.63, 3.8) is 0 Å². The average Bonchev–Trinajstić information content (AvgIpc) is 2.92. The van der Waals surface area contributed by atoms with E-state index in [1.165, 1.54) is 21.8 Å². The molecule has 1 fully saturated rings. The summed E-state index contributed by atoms with van der Waals surface area (Å²) in [5.41, 5.74) is 1.55. The van der Waals surface area contributed by atoms with E-state index < -0.39 is 11.9 Å². The van der Waals surface area contributed by atoms with Gasteiger partial charge in [-0.3, -0.25) is 19.7 Å². The van der Waals surface area contributed by atoms with Crippen molar-refractivity contribution >= 4 is 29.1 Å². The van der Waals surface area contributed by atoms with Crippen LogP contribution in [0.1, 0.15) is 60.1 Å². The normalized spacial score (nSPS) is 24.3. The van der Waals surface area contributed by atoms with Gasteiger partial charge in [-0.15, -0.1) is 11.3 Å². The summed E-state index contributed by atoms with van der Waals surface area (Å²) >= 11 is 1.54. The van der Waals surface area contributed by atoms with Gasteiger partial charge in [0.05, 0.1) is 4.88 Å². The minimum atomic E-state index is -0.614. The maximum Gasteiger partial charge on any atom is 0.262 e. The van der Waals surface area contributed by atoms with Crippen LogP contribution >= 0.6 is 11.3 Å². The molecule has 1 aromatic heterocycles. The lowest BCUT2D eigenvalue weighted by Gasteiger charge is -2.33. The number of fused-ring (bicyclic) bond motifs is 1. The highest BCUT2D eigenvalue weighted by Gasteiger charge is 2.32. The molecule has 130 valence electrons. The lowest BCUT2D eigenvalue weighted by Crippen LogP contribution is -2.52. The first-order valence-electron chi connectivity index (χ1n) is 8.50. The predicted octanol–water partition coefficient (Wildman–Crippen LogP) is 2.43. The van der Waals surface area contributed by atoms with Gasteiger partial charge in [0.1, 0.15) is 6.04 Å². The molecule has 5 nitrogen and oxygen atoms in total. The topological polar surface area (TPSA) is 75.3 Å². The van der Waals surface area contributed by atoms with Gasteiger partial charge in [0.2, 0.25) is 11.8 Å². The van der Waals surface area contributed by atoms with E-state index >= 15 is 0 Å². The largest absolute Gasteiger partial charge is 0.340 e. The van der Waals surface area contributed by atoms with Gasteiger partial charge in [-0.2, -0.15) is 0 Å². The Hall–Kier alpha value is -1.69. The third kappa shape index (κ3) is 3.53. The van der Waals surface area contributed by atoms with Crippen LogP contribution in [0.3, 0.4) is 0 Å². The Labute approximate surface area is 146 Å². The standard InChI is InChI=1S/C18H24N2O3S/c1-18(2,3)11-4-6-13-10(8-11)9-14(24-13)17(23)19-12-5-7-15(21)20-16(12)22/h9,11-12H,4-8H2,1-3H3,(H,19,23)(H,20,21,22)/t11-,12+/m0/s1. The molecular formula is C18H24N2O3S. The number of rotatable bonds is 2. The highest BCUT2D eigenvalue weighted by Crippen LogP contribution is 2.40. The Morgan fingerprint density at radius 1 is 1.25 bits per heavy atom. The van der Waals surface area contributed by atoms with Crippen molar-refractivity contribution in [2.45, 2.75) is 58.9 Å². The van der Waals surface area contributed by atoms with Crippen LogP contribution in [0.25, 0.3) is 0 Å². The SMILES string of the molecule is CC(C)(C)[C@H]1CCc2sc(C(=O)N[C@@H]3CCC(=O)NC3=O)cc2C1. The summed E-state index contributed by atoms with van der Waals surface area (Å²) in [4.78, 5) is 37.4. The van der Waals surface area contributed by atoms with Crippen LogP contribution in [0.15, 0.2) is 6.07 Å². The molecule has 0 aromatic carbocycles. The van der Waals surface area contributed by atoms with Crippen molar-refractivity contribution in [2.75, 3.05) is 0 Å². The fourth-order valence-corrected chi connectivity index (χ4v) is 4.55. The van der Waals surface area contributed by atoms with E-state index in [1.54, 1.807) is 0 Å². The second-order valence-corrected chi connectivity index (χ2v) is 8.98. The number of carbonyl (C=O) groups excluding carboxylic acids is 3. The van der Waals surface area contributed by atoms with Gasteiger partial charge < -0.3 is 5.32 Å². The Morgan fingerprint density at radius 3 is 2.67 bits per heavy atom. The molecule has 0 bridgehead atoms. The average molecular weight is 348 g/mol. The van der Waals surface area contributed by atoms with E-state index in [1.807, 2.05) is 6.07 Å². The van der Waals surface area contributed by atoms with Crippen LogP contribution in [0.5, 0.6) is 0 Å². The first-order chi connectivity index (χ1) is 11.2. The molecule has 0 radical (unpaired) electrons. The molecule has 1 aliphatic heterocycles. The lowest BCUT2D eigenvalue weighted by molar-refractivity contribution is -0.134. The summed E-state index contributed by atoms with van der Waals surface area (Å²) in [6, 6.07) is 1.37. The van der Waals surface area contributed by atoms with E-state index in [0.29, 0.717) is 17.2 Å². The fraction of sp³-hybridized carbons (Fsp3) is 0.611. The molecule has 0 spiro atoms. The minimum absolute atomic E-state index is 0.212. The lowest BCUT2D eigenvalue weighted by atomic mass is 9.72. The van der Waals surface area contributed by atoms with Crippen molar-refractivity contribution in [3.8, 4) is 0 Å². The maximum atomic E-state index is 12.5. The van der Waals surface area contributed by atoms with Crippen molar-refractivity contribution in [2.24, 2.45) is 11.3 Å². The first-order valence-corrected chi connectivity index (χ1v) is 9.32. The van der Waals surface area contributed by atoms with E-state index in [0.717, 1.165) is 19.3 Å². The quantitative estimate of drug-likeness (QED) is 0.806. The summed E-state index contributed by atoms with van der Waals surface area (Å²) in [5, 5.41) is 5.03. The van der Waals surface area contributed by atoms with Crippen LogP contribution in [0, 0.1) is 11.3 Å². The van der Waals surface area contributed by atoms with Gasteiger partial charge >= 0.3 is 0 Å². The summed E-state index contributed by atoms with van der Waals surface area (Å²) in [5.74, 6) is -0.263. The van der Waals surface area contributed by atoms with E-state index in [2.05, 4.69) is 31.4 Å². The molecule has 6 heteroatoms. The summed E-state index contributed by atoms with van der Waals surface area (Å²) in [6.45, 7) is 6.81. The third-order valence-electron chi connectivity index (χ3n) is 5.08. The predicted molar refractivity (Wildman–Crippen MR) is 92.9 cm³/mol. The van der Waals surface area contributed by atoms with Crippen LogP contribution in [0.4, 0.5) is 0 Å². The highest BCUT2D eigenvalue weighted by molar-refractivity contribution is 7.14. The van der Waals surface area contributed by atoms with Crippen LogP contribution in [0.2, 0.25) is 0 Å². The Morgan fingerprint density at radius 2 is 2.00 bits per heavy atom. The Kier molecular flexibility index (Phi) is 4.51. The van der Waals surface area contributed by atoms with Gasteiger partial charge in [0.25, 0.3) is 5.91 Å². The summed E-state index contributed by atoms with van der Waals surface area (Å²) < 4.78 is 0. The molecule has 3 rings (SSSR count). The molecule has 0 saturated carbocycles. The zero-order valence-electron chi connectivity index (χ0n) is 14.4. The Bertz CT molecular complexity index is 687. The Balaban J connectivity index is 1.68. The second kappa shape index (κ2) is 6.31. The highest BCUT2D eigenvalue weighted by atomic mass is 32.1. The zero-order chi connectivity index (χ0) is 17.5. The fourth-order valence-electron chi connectivity index (χ4n) is 3.44. The number of hydrogen-bond acceptors (Lipinski definition) is 4. The van der Waals surface area contributed by atoms with E-state index in [-0.39, 0.29) is 23.7 Å². The smallest absolute Gasteiger partial charge is 0.262 e. The number of piperidine rings is 1. The number of nitrogens with one attached hydrogen (secondary N) is 2. The number of hydrogen-bond donors (Lipinski definition) is 2. The number of aryl methyl sites for hydroxylation is 1. The monoisotopic (exact) mass is 348 g/mol. The molecule has 3 amide bonds. The molecule has 0 unspecified atom stereocenters. The number of thiophene rings is 1. The van der Waals surface area contributed by atoms with Gasteiger partial charge in [-0.1, -0.05) is 20.8 Å². The molecule has 2 N–H and O–H groups in total. The number of amides is 3. The minimum Gasteiger partial charge on any atom is -0.340 e. The first kappa shape index (κ1) is 17.1. The van der Waals surface area contributed by atoms with Crippen LogP contribution in [-0.4, -0.2) is 23.8 Å². The molecule has 2 atom stereocenters. The summed E-state index contributed by atoms with van der Waals surface area (Å²) in [7, 11) is 0. The molecule has 2 heterocycles. The second-order valence-electron chi connectivity index (χ2n) is 7.84. The third-order valence-corrected chi connectivity index (χ3v) is 6.31. The van der Waals surface area contributed by atoms with Gasteiger partial charge in [-0.25, -0.2) is 0 Å². The van der Waals surface area contributed by atoms with Crippen molar-refractivity contribution in [1.82, 2.24) is 10.6 Å². The molecule has 1 aliphatic carbocycles. The van der Waals surface area contributed by atoms with Crippen molar-refractivity contribution < 1.29 is 14.4 Å². The maximum absolute atomic E-state index is 12.5. The molecule has 24 heavy (non-hydrogen) atoms. The molecular weight excluding hydrogens is 324 g/mol. The van der Waals surface area contributed by atoms with Crippen LogP contribution < -0.4 is 10.6 Å². The van der Waals surface area contributed by atoms with Gasteiger partial charge in [-0.05, 0) is 48.6 Å². The van der Waals surface area contributed by atoms with Crippen molar-refractivity contribution in [1.29, 1.82) is 0 Å². The van der Waals surface area contributed by atoms with Crippen LogP contribution in [-0.2, 0) is 22.4 Å². The number of carbonyl (C=O) groups is 3. The zero-order valence-corrected chi connectivity index (χ0v) is 15.2. The molecule has 1 saturated heterocycles. The van der Waals surface area contributed by atoms with E-state index in [9.17, 15) is 14.4 Å². The summed E-state index contributed by atoms with van der Waals surface area (Å²) in [6.07, 6.45) is 3.83. The van der Waals surface area contributed by atoms with E-state index in [4.69, 9.17) is 0 Å². The molecule has 1 aromatic rings. The molecule has 2 aliphatic rings. The number of imide groups is 1. The van der Waals surface area contributed by atoms with Gasteiger partial charge in [0.15, 0.2) is 0 Å². The van der Waals surface area contributed by atoms with Gasteiger partial charge in [0, 0.05) is 11.3 Å². The van der Waals surface area contributed by atoms with Crippen molar-refractivity contribution in [3.05, 3.63) is 21.4 Å².